The van der Waals surface area contributed by atoms with Crippen molar-refractivity contribution in [2.45, 2.75) is 78.1 Å². The van der Waals surface area contributed by atoms with Crippen LogP contribution in [0.25, 0.3) is 0 Å². The lowest BCUT2D eigenvalue weighted by molar-refractivity contribution is -0.131. The largest absolute Gasteiger partial charge is 0.456 e. The molecule has 0 aliphatic carbocycles. The van der Waals surface area contributed by atoms with Gasteiger partial charge < -0.3 is 30.0 Å². The number of morpholine rings is 1. The maximum Gasteiger partial charge on any atom is 0.424 e. The average molecular weight is 858 g/mol. The zero-order valence-electron chi connectivity index (χ0n) is 35.9. The Morgan fingerprint density at radius 3 is 2.02 bits per heavy atom. The summed E-state index contributed by atoms with van der Waals surface area (Å²) in [6.45, 7) is 11.4. The third-order valence-corrected chi connectivity index (χ3v) is 10.2. The number of carbonyl (C=O) groups is 4. The lowest BCUT2D eigenvalue weighted by atomic mass is 9.80. The molecule has 5 rings (SSSR count). The highest BCUT2D eigenvalue weighted by molar-refractivity contribution is 5.92. The van der Waals surface area contributed by atoms with E-state index in [4.69, 9.17) is 24.7 Å². The van der Waals surface area contributed by atoms with Crippen molar-refractivity contribution < 1.29 is 46.9 Å². The summed E-state index contributed by atoms with van der Waals surface area (Å²) in [7, 11) is 0. The lowest BCUT2D eigenvalue weighted by Crippen LogP contribution is -2.56. The number of hydrogen-bond donors (Lipinski definition) is 3. The number of nitrogens with zero attached hydrogens (tertiary/aromatic N) is 2. The molecule has 332 valence electrons. The van der Waals surface area contributed by atoms with Gasteiger partial charge in [0.25, 0.3) is 0 Å². The average Bonchev–Trinajstić information content (AvgIpc) is 3.24. The van der Waals surface area contributed by atoms with Gasteiger partial charge in [0.05, 0.1) is 37.3 Å². The number of hydrazine groups is 1. The van der Waals surface area contributed by atoms with Crippen LogP contribution in [0, 0.1) is 23.5 Å². The molecule has 0 spiro atoms. The quantitative estimate of drug-likeness (QED) is 0.0532. The van der Waals surface area contributed by atoms with Crippen molar-refractivity contribution in [2.75, 3.05) is 32.8 Å². The van der Waals surface area contributed by atoms with E-state index in [2.05, 4.69) is 15.6 Å². The fraction of sp³-hybridized carbons (Fsp3) is 0.404. The van der Waals surface area contributed by atoms with Crippen molar-refractivity contribution in [2.24, 2.45) is 17.6 Å². The number of hydrogen-bond acceptors (Lipinski definition) is 11. The van der Waals surface area contributed by atoms with E-state index in [1.807, 2.05) is 18.2 Å². The van der Waals surface area contributed by atoms with Crippen molar-refractivity contribution in [3.8, 4) is 0 Å². The van der Waals surface area contributed by atoms with Gasteiger partial charge >= 0.3 is 18.2 Å². The molecule has 3 unspecified atom stereocenters. The maximum absolute atomic E-state index is 15.1. The van der Waals surface area contributed by atoms with Crippen molar-refractivity contribution in [3.05, 3.63) is 143 Å². The number of benzene rings is 4. The van der Waals surface area contributed by atoms with E-state index in [0.29, 0.717) is 30.9 Å². The fourth-order valence-corrected chi connectivity index (χ4v) is 6.83. The highest BCUT2D eigenvalue weighted by Crippen LogP contribution is 2.30. The first-order valence-corrected chi connectivity index (χ1v) is 20.7. The van der Waals surface area contributed by atoms with Gasteiger partial charge in [0.2, 0.25) is 0 Å². The standard InChI is InChI=1S/C47H57F2N5O8/c1-31(2)42(52-45(57)60-30-34-9-7-6-8-10-34)43(55)40(41(50)35-17-21-38(49)22-18-35)39(61-44(56)36-15-11-33(12-16-36)28-53-23-25-59-26-24-53)29-54(46(58)62-47(3,4)5)51-27-32-13-19-37(48)20-14-32/h6-22,31,39-42,51H,23-30,50H2,1-5H3,(H,52,57)/t39?,40?,41?,42-/m0/s1. The van der Waals surface area contributed by atoms with Crippen molar-refractivity contribution >= 4 is 23.9 Å². The smallest absolute Gasteiger partial charge is 0.424 e. The summed E-state index contributed by atoms with van der Waals surface area (Å²) < 4.78 is 51.1. The maximum atomic E-state index is 15.1. The summed E-state index contributed by atoms with van der Waals surface area (Å²) in [6.07, 6.45) is -3.27. The molecule has 1 saturated heterocycles. The van der Waals surface area contributed by atoms with Gasteiger partial charge in [-0.15, -0.1) is 0 Å². The summed E-state index contributed by atoms with van der Waals surface area (Å²) in [4.78, 5) is 58.9. The monoisotopic (exact) mass is 857 g/mol. The summed E-state index contributed by atoms with van der Waals surface area (Å²) in [6, 6.07) is 24.1. The lowest BCUT2D eigenvalue weighted by Gasteiger charge is -2.37. The number of nitrogens with two attached hydrogens (primary N) is 1. The Bertz CT molecular complexity index is 2060. The highest BCUT2D eigenvalue weighted by atomic mass is 19.1. The third kappa shape index (κ3) is 14.4. The van der Waals surface area contributed by atoms with Gasteiger partial charge in [-0.1, -0.05) is 80.6 Å². The van der Waals surface area contributed by atoms with Crippen LogP contribution in [0.4, 0.5) is 18.4 Å². The fourth-order valence-electron chi connectivity index (χ4n) is 6.83. The molecule has 0 bridgehead atoms. The van der Waals surface area contributed by atoms with Crippen molar-refractivity contribution in [1.82, 2.24) is 20.7 Å². The Labute approximate surface area is 361 Å². The second kappa shape index (κ2) is 22.4. The van der Waals surface area contributed by atoms with Gasteiger partial charge in [-0.05, 0) is 85.3 Å². The summed E-state index contributed by atoms with van der Waals surface area (Å²) in [5.41, 5.74) is 11.7. The minimum absolute atomic E-state index is 0.00312. The Kier molecular flexibility index (Phi) is 17.1. The minimum Gasteiger partial charge on any atom is -0.456 e. The summed E-state index contributed by atoms with van der Waals surface area (Å²) in [5.74, 6) is -4.47. The molecule has 4 aromatic rings. The number of nitrogens with one attached hydrogen (secondary N) is 2. The minimum atomic E-state index is -1.51. The van der Waals surface area contributed by atoms with Crippen LogP contribution >= 0.6 is 0 Å². The van der Waals surface area contributed by atoms with Crippen molar-refractivity contribution in [3.63, 3.8) is 0 Å². The molecule has 4 N–H and O–H groups in total. The van der Waals surface area contributed by atoms with E-state index in [1.165, 1.54) is 48.5 Å². The van der Waals surface area contributed by atoms with Crippen LogP contribution < -0.4 is 16.5 Å². The van der Waals surface area contributed by atoms with Crippen LogP contribution in [0.1, 0.15) is 73.3 Å². The molecule has 0 saturated carbocycles. The van der Waals surface area contributed by atoms with Gasteiger partial charge in [0.1, 0.15) is 29.9 Å². The molecule has 0 radical (unpaired) electrons. The number of esters is 1. The second-order valence-electron chi connectivity index (χ2n) is 16.5. The Morgan fingerprint density at radius 2 is 1.42 bits per heavy atom. The summed E-state index contributed by atoms with van der Waals surface area (Å²) in [5, 5.41) is 3.76. The number of rotatable bonds is 18. The highest BCUT2D eigenvalue weighted by Gasteiger charge is 2.44. The van der Waals surface area contributed by atoms with E-state index in [1.54, 1.807) is 71.0 Å². The van der Waals surface area contributed by atoms with Gasteiger partial charge in [-0.25, -0.2) is 33.6 Å². The van der Waals surface area contributed by atoms with E-state index in [9.17, 15) is 23.2 Å². The molecule has 2 amide bonds. The van der Waals surface area contributed by atoms with Crippen LogP contribution in [0.2, 0.25) is 0 Å². The van der Waals surface area contributed by atoms with Crippen LogP contribution in [0.15, 0.2) is 103 Å². The van der Waals surface area contributed by atoms with Gasteiger partial charge in [-0.3, -0.25) is 9.69 Å². The van der Waals surface area contributed by atoms with Crippen LogP contribution in [-0.4, -0.2) is 84.4 Å². The number of carbonyl (C=O) groups excluding carboxylic acids is 4. The predicted molar refractivity (Wildman–Crippen MR) is 228 cm³/mol. The second-order valence-corrected chi connectivity index (χ2v) is 16.5. The van der Waals surface area contributed by atoms with Crippen LogP contribution in [0.5, 0.6) is 0 Å². The Hall–Kier alpha value is -5.74. The van der Waals surface area contributed by atoms with Gasteiger partial charge in [-0.2, -0.15) is 0 Å². The molecule has 1 aliphatic rings. The summed E-state index contributed by atoms with van der Waals surface area (Å²) >= 11 is 0. The molecule has 0 aromatic heterocycles. The Morgan fingerprint density at radius 1 is 0.823 bits per heavy atom. The number of ether oxygens (including phenoxy) is 4. The first-order chi connectivity index (χ1) is 29.6. The third-order valence-electron chi connectivity index (χ3n) is 10.2. The van der Waals surface area contributed by atoms with E-state index >= 15 is 4.79 Å². The van der Waals surface area contributed by atoms with Crippen LogP contribution in [-0.2, 0) is 43.4 Å². The zero-order chi connectivity index (χ0) is 44.8. The molecule has 4 aromatic carbocycles. The molecule has 1 fully saturated rings. The number of amides is 2. The SMILES string of the molecule is CC(C)[C@H](NC(=O)OCc1ccccc1)C(=O)C(C(CN(NCc1ccc(F)cc1)C(=O)OC(C)(C)C)OC(=O)c1ccc(CN2CCOCC2)cc1)C(N)c1ccc(F)cc1. The first-order valence-electron chi connectivity index (χ1n) is 20.7. The molecule has 15 heteroatoms. The molecule has 62 heavy (non-hydrogen) atoms. The van der Waals surface area contributed by atoms with E-state index < -0.39 is 77.7 Å². The van der Waals surface area contributed by atoms with Crippen LogP contribution in [0.3, 0.4) is 0 Å². The normalized spacial score (nSPS) is 15.2. The molecule has 1 aliphatic heterocycles. The first kappa shape index (κ1) is 47.3. The Balaban J connectivity index is 1.53. The number of Topliss-reactive ketones (excluding diaryl/α,β-unsaturated/α-hetero) is 1. The molecule has 4 atom stereocenters. The number of halogens is 2. The van der Waals surface area contributed by atoms with Gasteiger partial charge in [0, 0.05) is 32.2 Å². The van der Waals surface area contributed by atoms with E-state index in [0.717, 1.165) is 29.2 Å². The van der Waals surface area contributed by atoms with Crippen molar-refractivity contribution in [1.29, 1.82) is 0 Å². The zero-order valence-corrected chi connectivity index (χ0v) is 35.9. The molecule has 1 heterocycles. The predicted octanol–water partition coefficient (Wildman–Crippen LogP) is 7.10. The molecular weight excluding hydrogens is 801 g/mol. The number of alkyl carbamates (subject to hydrolysis) is 1. The topological polar surface area (TPSA) is 162 Å². The number of ketones is 1. The van der Waals surface area contributed by atoms with Gasteiger partial charge in [0.15, 0.2) is 5.78 Å². The van der Waals surface area contributed by atoms with E-state index in [-0.39, 0.29) is 18.7 Å². The molecule has 13 nitrogen and oxygen atoms in total. The molecular formula is C47H57F2N5O8.